The molecule has 1 fully saturated rings. The van der Waals surface area contributed by atoms with Gasteiger partial charge in [-0.05, 0) is 36.4 Å². The minimum absolute atomic E-state index is 0.912. The van der Waals surface area contributed by atoms with E-state index in [2.05, 4.69) is 59.2 Å². The second-order valence-corrected chi connectivity index (χ2v) is 6.61. The summed E-state index contributed by atoms with van der Waals surface area (Å²) in [5, 5.41) is 4.72. The first-order valence-corrected chi connectivity index (χ1v) is 8.96. The normalized spacial score (nSPS) is 16.1. The molecule has 0 aliphatic carbocycles. The molecular formula is C17H23N3S. The van der Waals surface area contributed by atoms with Crippen LogP contribution >= 0.6 is 11.8 Å². The molecule has 1 aromatic carbocycles. The van der Waals surface area contributed by atoms with Gasteiger partial charge in [0.05, 0.1) is 5.52 Å². The summed E-state index contributed by atoms with van der Waals surface area (Å²) in [5.74, 6) is 3.62. The van der Waals surface area contributed by atoms with Gasteiger partial charge in [0.25, 0.3) is 0 Å². The van der Waals surface area contributed by atoms with Crippen molar-refractivity contribution in [2.75, 3.05) is 36.0 Å². The van der Waals surface area contributed by atoms with Crippen LogP contribution in [0.4, 0.5) is 5.82 Å². The minimum atomic E-state index is 0.912. The standard InChI is InChI=1S/C17H23N3S/c1-2-18-13-14-12-17(20-8-5-10-21-11-9-20)19-16-7-4-3-6-15(14)16/h3-4,6-7,12,18H,2,5,8-11,13H2,1H3. The summed E-state index contributed by atoms with van der Waals surface area (Å²) >= 11 is 2.05. The van der Waals surface area contributed by atoms with Crippen LogP contribution in [0.25, 0.3) is 10.9 Å². The summed E-state index contributed by atoms with van der Waals surface area (Å²) in [4.78, 5) is 7.34. The molecule has 0 atom stereocenters. The van der Waals surface area contributed by atoms with Gasteiger partial charge in [-0.1, -0.05) is 25.1 Å². The molecule has 0 unspecified atom stereocenters. The van der Waals surface area contributed by atoms with E-state index in [-0.39, 0.29) is 0 Å². The van der Waals surface area contributed by atoms with E-state index in [1.165, 1.54) is 28.9 Å². The maximum absolute atomic E-state index is 4.90. The third kappa shape index (κ3) is 3.50. The molecule has 4 heteroatoms. The van der Waals surface area contributed by atoms with Gasteiger partial charge in [-0.15, -0.1) is 0 Å². The predicted molar refractivity (Wildman–Crippen MR) is 93.3 cm³/mol. The molecule has 0 radical (unpaired) electrons. The predicted octanol–water partition coefficient (Wildman–Crippen LogP) is 3.29. The van der Waals surface area contributed by atoms with Crippen LogP contribution in [-0.4, -0.2) is 36.1 Å². The Kier molecular flexibility index (Phi) is 4.99. The molecule has 1 aromatic heterocycles. The van der Waals surface area contributed by atoms with Crippen LogP contribution in [0.5, 0.6) is 0 Å². The van der Waals surface area contributed by atoms with Gasteiger partial charge in [-0.2, -0.15) is 11.8 Å². The van der Waals surface area contributed by atoms with Gasteiger partial charge in [0, 0.05) is 30.8 Å². The maximum atomic E-state index is 4.90. The zero-order valence-corrected chi connectivity index (χ0v) is 13.5. The Balaban J connectivity index is 1.97. The van der Waals surface area contributed by atoms with E-state index < -0.39 is 0 Å². The summed E-state index contributed by atoms with van der Waals surface area (Å²) in [7, 11) is 0. The molecule has 1 saturated heterocycles. The van der Waals surface area contributed by atoms with Gasteiger partial charge in [0.2, 0.25) is 0 Å². The topological polar surface area (TPSA) is 28.2 Å². The van der Waals surface area contributed by atoms with E-state index >= 15 is 0 Å². The van der Waals surface area contributed by atoms with Crippen LogP contribution < -0.4 is 10.2 Å². The maximum Gasteiger partial charge on any atom is 0.129 e. The van der Waals surface area contributed by atoms with E-state index in [1.54, 1.807) is 0 Å². The van der Waals surface area contributed by atoms with E-state index in [9.17, 15) is 0 Å². The van der Waals surface area contributed by atoms with Crippen LogP contribution in [0, 0.1) is 0 Å². The number of nitrogens with one attached hydrogen (secondary N) is 1. The summed E-state index contributed by atoms with van der Waals surface area (Å²) in [6.07, 6.45) is 1.25. The van der Waals surface area contributed by atoms with E-state index in [0.717, 1.165) is 37.5 Å². The Morgan fingerprint density at radius 1 is 1.24 bits per heavy atom. The second kappa shape index (κ2) is 7.14. The van der Waals surface area contributed by atoms with Gasteiger partial charge in [-0.3, -0.25) is 0 Å². The number of benzene rings is 1. The van der Waals surface area contributed by atoms with Crippen molar-refractivity contribution >= 4 is 28.5 Å². The lowest BCUT2D eigenvalue weighted by Gasteiger charge is -2.22. The zero-order valence-electron chi connectivity index (χ0n) is 12.6. The molecule has 1 aliphatic rings. The highest BCUT2D eigenvalue weighted by Gasteiger charge is 2.13. The highest BCUT2D eigenvalue weighted by Crippen LogP contribution is 2.24. The van der Waals surface area contributed by atoms with Crippen LogP contribution in [-0.2, 0) is 6.54 Å². The lowest BCUT2D eigenvalue weighted by Crippen LogP contribution is -2.26. The molecule has 21 heavy (non-hydrogen) atoms. The molecule has 2 heterocycles. The zero-order chi connectivity index (χ0) is 14.5. The molecule has 1 N–H and O–H groups in total. The first-order chi connectivity index (χ1) is 10.4. The fourth-order valence-electron chi connectivity index (χ4n) is 2.78. The molecule has 2 aromatic rings. The third-order valence-corrected chi connectivity index (χ3v) is 4.95. The Labute approximate surface area is 131 Å². The van der Waals surface area contributed by atoms with Gasteiger partial charge in [0.1, 0.15) is 5.82 Å². The Bertz CT molecular complexity index is 592. The lowest BCUT2D eigenvalue weighted by atomic mass is 10.1. The van der Waals surface area contributed by atoms with E-state index in [0.29, 0.717) is 0 Å². The number of thioether (sulfide) groups is 1. The molecular weight excluding hydrogens is 278 g/mol. The Morgan fingerprint density at radius 3 is 3.05 bits per heavy atom. The monoisotopic (exact) mass is 301 g/mol. The number of nitrogens with zero attached hydrogens (tertiary/aromatic N) is 2. The largest absolute Gasteiger partial charge is 0.356 e. The van der Waals surface area contributed by atoms with Gasteiger partial charge in [0.15, 0.2) is 0 Å². The molecule has 3 nitrogen and oxygen atoms in total. The van der Waals surface area contributed by atoms with Crippen LogP contribution in [0.3, 0.4) is 0 Å². The second-order valence-electron chi connectivity index (χ2n) is 5.39. The van der Waals surface area contributed by atoms with Crippen molar-refractivity contribution in [3.05, 3.63) is 35.9 Å². The number of para-hydroxylation sites is 1. The number of hydrogen-bond acceptors (Lipinski definition) is 4. The molecule has 0 spiro atoms. The molecule has 0 bridgehead atoms. The van der Waals surface area contributed by atoms with Crippen molar-refractivity contribution in [1.29, 1.82) is 0 Å². The quantitative estimate of drug-likeness (QED) is 0.938. The number of hydrogen-bond donors (Lipinski definition) is 1. The first kappa shape index (κ1) is 14.7. The number of fused-ring (bicyclic) bond motifs is 1. The van der Waals surface area contributed by atoms with E-state index in [4.69, 9.17) is 4.98 Å². The molecule has 3 rings (SSSR count). The Hall–Kier alpha value is -1.26. The molecule has 112 valence electrons. The fourth-order valence-corrected chi connectivity index (χ4v) is 3.66. The first-order valence-electron chi connectivity index (χ1n) is 7.80. The smallest absolute Gasteiger partial charge is 0.129 e. The van der Waals surface area contributed by atoms with Gasteiger partial charge >= 0.3 is 0 Å². The van der Waals surface area contributed by atoms with Crippen molar-refractivity contribution in [3.63, 3.8) is 0 Å². The van der Waals surface area contributed by atoms with Crippen molar-refractivity contribution < 1.29 is 0 Å². The summed E-state index contributed by atoms with van der Waals surface area (Å²) < 4.78 is 0. The third-order valence-electron chi connectivity index (χ3n) is 3.90. The van der Waals surface area contributed by atoms with Crippen LogP contribution in [0.1, 0.15) is 18.9 Å². The summed E-state index contributed by atoms with van der Waals surface area (Å²) in [6, 6.07) is 10.8. The number of pyridine rings is 1. The summed E-state index contributed by atoms with van der Waals surface area (Å²) in [6.45, 7) is 6.29. The molecule has 0 amide bonds. The molecule has 1 aliphatic heterocycles. The van der Waals surface area contributed by atoms with Crippen molar-refractivity contribution in [1.82, 2.24) is 10.3 Å². The van der Waals surface area contributed by atoms with Gasteiger partial charge in [-0.25, -0.2) is 4.98 Å². The van der Waals surface area contributed by atoms with Crippen molar-refractivity contribution in [3.8, 4) is 0 Å². The number of aromatic nitrogens is 1. The minimum Gasteiger partial charge on any atom is -0.356 e. The van der Waals surface area contributed by atoms with E-state index in [1.807, 2.05) is 0 Å². The van der Waals surface area contributed by atoms with Gasteiger partial charge < -0.3 is 10.2 Å². The summed E-state index contributed by atoms with van der Waals surface area (Å²) in [5.41, 5.74) is 2.47. The van der Waals surface area contributed by atoms with Crippen LogP contribution in [0.2, 0.25) is 0 Å². The van der Waals surface area contributed by atoms with Crippen molar-refractivity contribution in [2.24, 2.45) is 0 Å². The van der Waals surface area contributed by atoms with Crippen LogP contribution in [0.15, 0.2) is 30.3 Å². The lowest BCUT2D eigenvalue weighted by molar-refractivity contribution is 0.728. The molecule has 0 saturated carbocycles. The Morgan fingerprint density at radius 2 is 2.14 bits per heavy atom. The van der Waals surface area contributed by atoms with Crippen molar-refractivity contribution in [2.45, 2.75) is 19.9 Å². The average Bonchev–Trinajstić information content (AvgIpc) is 2.81. The SMILES string of the molecule is CCNCc1cc(N2CCCSCC2)nc2ccccc12. The fraction of sp³-hybridized carbons (Fsp3) is 0.471. The highest BCUT2D eigenvalue weighted by molar-refractivity contribution is 7.99. The number of anilines is 1. The number of rotatable bonds is 4. The highest BCUT2D eigenvalue weighted by atomic mass is 32.2. The average molecular weight is 301 g/mol.